The minimum Gasteiger partial charge on any atom is -0.337 e. The van der Waals surface area contributed by atoms with Gasteiger partial charge in [0.05, 0.1) is 17.0 Å². The lowest BCUT2D eigenvalue weighted by atomic mass is 10.0. The molecule has 8 heteroatoms. The molecule has 0 amide bonds. The van der Waals surface area contributed by atoms with E-state index in [1.165, 1.54) is 24.5 Å². The van der Waals surface area contributed by atoms with E-state index < -0.39 is 10.0 Å². The monoisotopic (exact) mass is 402 g/mol. The van der Waals surface area contributed by atoms with Crippen LogP contribution in [0.3, 0.4) is 0 Å². The summed E-state index contributed by atoms with van der Waals surface area (Å²) in [4.78, 5) is 4.40. The predicted octanol–water partition coefficient (Wildman–Crippen LogP) is 3.07. The maximum Gasteiger partial charge on any atom is 0.242 e. The van der Waals surface area contributed by atoms with E-state index in [0.29, 0.717) is 0 Å². The van der Waals surface area contributed by atoms with Crippen LogP contribution in [0.1, 0.15) is 5.69 Å². The number of hydrogen-bond donors (Lipinski definition) is 1. The van der Waals surface area contributed by atoms with Gasteiger partial charge in [0.15, 0.2) is 0 Å². The Hall–Kier alpha value is -2.55. The number of aromatic nitrogens is 2. The number of benzene rings is 1. The molecule has 0 bridgehead atoms. The van der Waals surface area contributed by atoms with Gasteiger partial charge in [0, 0.05) is 49.7 Å². The SMILES string of the molecule is Cc1c(-c2cccc(S(=O)(=O)N(C)C)c2)c2cnccc2n1CC(F)=CCN. The number of nitrogens with zero attached hydrogens (tertiary/aromatic N) is 3. The highest BCUT2D eigenvalue weighted by molar-refractivity contribution is 7.89. The fraction of sp³-hybridized carbons (Fsp3) is 0.250. The summed E-state index contributed by atoms with van der Waals surface area (Å²) in [6.45, 7) is 2.07. The molecular weight excluding hydrogens is 379 g/mol. The van der Waals surface area contributed by atoms with Crippen molar-refractivity contribution < 1.29 is 12.8 Å². The first-order valence-corrected chi connectivity index (χ1v) is 10.2. The van der Waals surface area contributed by atoms with Crippen molar-refractivity contribution in [2.75, 3.05) is 20.6 Å². The van der Waals surface area contributed by atoms with Crippen molar-refractivity contribution >= 4 is 20.9 Å². The van der Waals surface area contributed by atoms with Crippen molar-refractivity contribution in [3.63, 3.8) is 0 Å². The van der Waals surface area contributed by atoms with Gasteiger partial charge in [0.1, 0.15) is 5.83 Å². The van der Waals surface area contributed by atoms with Crippen LogP contribution in [-0.2, 0) is 16.6 Å². The van der Waals surface area contributed by atoms with Crippen LogP contribution in [0, 0.1) is 6.92 Å². The molecular formula is C20H23FN4O2S. The third kappa shape index (κ3) is 3.58. The number of fused-ring (bicyclic) bond motifs is 1. The lowest BCUT2D eigenvalue weighted by molar-refractivity contribution is 0.521. The fourth-order valence-electron chi connectivity index (χ4n) is 3.26. The van der Waals surface area contributed by atoms with Crippen LogP contribution in [0.5, 0.6) is 0 Å². The zero-order valence-corrected chi connectivity index (χ0v) is 16.9. The summed E-state index contributed by atoms with van der Waals surface area (Å²) in [5, 5.41) is 0.833. The Bertz CT molecular complexity index is 1150. The van der Waals surface area contributed by atoms with E-state index in [-0.39, 0.29) is 23.8 Å². The van der Waals surface area contributed by atoms with Crippen LogP contribution >= 0.6 is 0 Å². The Labute approximate surface area is 164 Å². The van der Waals surface area contributed by atoms with Crippen LogP contribution in [-0.4, -0.2) is 42.9 Å². The summed E-state index contributed by atoms with van der Waals surface area (Å²) in [6, 6.07) is 8.58. The van der Waals surface area contributed by atoms with Crippen LogP contribution in [0.2, 0.25) is 0 Å². The van der Waals surface area contributed by atoms with E-state index >= 15 is 0 Å². The van der Waals surface area contributed by atoms with Gasteiger partial charge in [-0.3, -0.25) is 4.98 Å². The summed E-state index contributed by atoms with van der Waals surface area (Å²) in [5.74, 6) is -0.324. The van der Waals surface area contributed by atoms with Crippen molar-refractivity contribution in [1.29, 1.82) is 0 Å². The molecule has 0 aliphatic carbocycles. The van der Waals surface area contributed by atoms with Gasteiger partial charge in [-0.2, -0.15) is 0 Å². The maximum absolute atomic E-state index is 14.2. The molecule has 1 aromatic carbocycles. The highest BCUT2D eigenvalue weighted by Gasteiger charge is 2.21. The van der Waals surface area contributed by atoms with Gasteiger partial charge in [-0.05, 0) is 36.8 Å². The molecule has 2 heterocycles. The minimum atomic E-state index is -3.57. The second kappa shape index (κ2) is 7.83. The molecule has 2 N–H and O–H groups in total. The number of halogens is 1. The standard InChI is InChI=1S/C20H23FN4O2S/c1-14-20(15-5-4-6-17(11-15)28(26,27)24(2)3)18-12-23-10-8-19(18)25(14)13-16(21)7-9-22/h4-8,10-12H,9,13,22H2,1-3H3. The van der Waals surface area contributed by atoms with Crippen molar-refractivity contribution in [2.45, 2.75) is 18.4 Å². The molecule has 0 saturated heterocycles. The highest BCUT2D eigenvalue weighted by Crippen LogP contribution is 2.35. The molecule has 0 radical (unpaired) electrons. The Balaban J connectivity index is 2.23. The van der Waals surface area contributed by atoms with Gasteiger partial charge in [-0.1, -0.05) is 12.1 Å². The van der Waals surface area contributed by atoms with Crippen LogP contribution < -0.4 is 5.73 Å². The van der Waals surface area contributed by atoms with Crippen LogP contribution in [0.4, 0.5) is 4.39 Å². The second-order valence-corrected chi connectivity index (χ2v) is 8.79. The average Bonchev–Trinajstić information content (AvgIpc) is 2.94. The summed E-state index contributed by atoms with van der Waals surface area (Å²) in [6.07, 6.45) is 4.71. The number of pyridine rings is 1. The van der Waals surface area contributed by atoms with E-state index in [1.54, 1.807) is 30.6 Å². The summed E-state index contributed by atoms with van der Waals surface area (Å²) >= 11 is 0. The summed E-state index contributed by atoms with van der Waals surface area (Å²) in [7, 11) is -0.574. The first-order chi connectivity index (χ1) is 13.3. The fourth-order valence-corrected chi connectivity index (χ4v) is 4.21. The molecule has 3 aromatic rings. The molecule has 0 spiro atoms. The normalized spacial score (nSPS) is 12.9. The number of hydrogen-bond acceptors (Lipinski definition) is 4. The van der Waals surface area contributed by atoms with Gasteiger partial charge in [0.2, 0.25) is 10.0 Å². The second-order valence-electron chi connectivity index (χ2n) is 6.64. The Morgan fingerprint density at radius 2 is 2.07 bits per heavy atom. The number of rotatable bonds is 6. The van der Waals surface area contributed by atoms with Gasteiger partial charge in [0.25, 0.3) is 0 Å². The Kier molecular flexibility index (Phi) is 5.64. The smallest absolute Gasteiger partial charge is 0.242 e. The first kappa shape index (κ1) is 20.2. The van der Waals surface area contributed by atoms with Gasteiger partial charge in [-0.25, -0.2) is 17.1 Å². The maximum atomic E-state index is 14.2. The quantitative estimate of drug-likeness (QED) is 0.687. The molecule has 0 unspecified atom stereocenters. The van der Waals surface area contributed by atoms with E-state index in [1.807, 2.05) is 23.6 Å². The third-order valence-electron chi connectivity index (χ3n) is 4.67. The van der Waals surface area contributed by atoms with Crippen molar-refractivity contribution in [2.24, 2.45) is 5.73 Å². The molecule has 0 fully saturated rings. The molecule has 2 aromatic heterocycles. The van der Waals surface area contributed by atoms with E-state index in [9.17, 15) is 12.8 Å². The zero-order chi connectivity index (χ0) is 20.5. The molecule has 6 nitrogen and oxygen atoms in total. The van der Waals surface area contributed by atoms with E-state index in [0.717, 1.165) is 27.7 Å². The lowest BCUT2D eigenvalue weighted by Crippen LogP contribution is -2.22. The molecule has 0 aliphatic rings. The average molecular weight is 402 g/mol. The van der Waals surface area contributed by atoms with Crippen molar-refractivity contribution in [3.05, 3.63) is 60.3 Å². The highest BCUT2D eigenvalue weighted by atomic mass is 32.2. The van der Waals surface area contributed by atoms with Crippen molar-refractivity contribution in [3.8, 4) is 11.1 Å². The van der Waals surface area contributed by atoms with Gasteiger partial charge in [-0.15, -0.1) is 0 Å². The minimum absolute atomic E-state index is 0.0548. The molecule has 3 rings (SSSR count). The third-order valence-corrected chi connectivity index (χ3v) is 6.49. The topological polar surface area (TPSA) is 81.2 Å². The van der Waals surface area contributed by atoms with Crippen molar-refractivity contribution in [1.82, 2.24) is 13.9 Å². The van der Waals surface area contributed by atoms with Gasteiger partial charge < -0.3 is 10.3 Å². The van der Waals surface area contributed by atoms with Crippen LogP contribution in [0.15, 0.2) is 59.5 Å². The Morgan fingerprint density at radius 1 is 1.32 bits per heavy atom. The predicted molar refractivity (Wildman–Crippen MR) is 109 cm³/mol. The largest absolute Gasteiger partial charge is 0.337 e. The zero-order valence-electron chi connectivity index (χ0n) is 16.1. The molecule has 0 saturated carbocycles. The number of sulfonamides is 1. The molecule has 0 atom stereocenters. The summed E-state index contributed by atoms with van der Waals surface area (Å²) < 4.78 is 42.3. The Morgan fingerprint density at radius 3 is 2.75 bits per heavy atom. The summed E-state index contributed by atoms with van der Waals surface area (Å²) in [5.41, 5.74) is 8.63. The number of nitrogens with two attached hydrogens (primary N) is 1. The lowest BCUT2D eigenvalue weighted by Gasteiger charge is -2.13. The molecule has 148 valence electrons. The van der Waals surface area contributed by atoms with E-state index in [2.05, 4.69) is 4.98 Å². The van der Waals surface area contributed by atoms with E-state index in [4.69, 9.17) is 5.73 Å². The number of allylic oxidation sites excluding steroid dienone is 1. The van der Waals surface area contributed by atoms with Gasteiger partial charge >= 0.3 is 0 Å². The molecule has 28 heavy (non-hydrogen) atoms. The van der Waals surface area contributed by atoms with Crippen LogP contribution in [0.25, 0.3) is 22.0 Å². The molecule has 0 aliphatic heterocycles. The first-order valence-electron chi connectivity index (χ1n) is 8.77.